The van der Waals surface area contributed by atoms with Gasteiger partial charge in [0.1, 0.15) is 5.75 Å². The molecule has 1 rings (SSSR count). The average Bonchev–Trinajstić information content (AvgIpc) is 2.45. The van der Waals surface area contributed by atoms with Crippen molar-refractivity contribution in [2.45, 2.75) is 32.1 Å². The number of hydrogen-bond donors (Lipinski definition) is 1. The summed E-state index contributed by atoms with van der Waals surface area (Å²) in [5.74, 6) is -0.125. The smallest absolute Gasteiger partial charge is 0.303 e. The molecule has 116 valence electrons. The average molecular weight is 293 g/mol. The molecular weight excluding hydrogens is 270 g/mol. The number of amides is 1. The minimum atomic E-state index is -0.842. The van der Waals surface area contributed by atoms with Gasteiger partial charge in [-0.25, -0.2) is 0 Å². The Morgan fingerprint density at radius 3 is 2.29 bits per heavy atom. The number of carbonyl (C=O) groups excluding carboxylic acids is 1. The Bertz CT molecular complexity index is 494. The van der Waals surface area contributed by atoms with E-state index in [-0.39, 0.29) is 12.3 Å². The lowest BCUT2D eigenvalue weighted by atomic mass is 9.83. The van der Waals surface area contributed by atoms with E-state index in [1.54, 1.807) is 19.1 Å². The van der Waals surface area contributed by atoms with Gasteiger partial charge in [0.2, 0.25) is 5.91 Å². The van der Waals surface area contributed by atoms with Crippen LogP contribution in [0.1, 0.15) is 32.3 Å². The molecule has 1 aromatic rings. The van der Waals surface area contributed by atoms with E-state index >= 15 is 0 Å². The molecule has 0 saturated carbocycles. The third-order valence-electron chi connectivity index (χ3n) is 3.58. The number of methoxy groups -OCH3 is 1. The number of likely N-dealkylation sites (N-methyl/N-ethyl adjacent to an activating group) is 1. The van der Waals surface area contributed by atoms with E-state index in [0.717, 1.165) is 11.3 Å². The van der Waals surface area contributed by atoms with E-state index in [2.05, 4.69) is 0 Å². The summed E-state index contributed by atoms with van der Waals surface area (Å²) >= 11 is 0. The van der Waals surface area contributed by atoms with Crippen LogP contribution in [0.25, 0.3) is 0 Å². The predicted molar refractivity (Wildman–Crippen MR) is 80.5 cm³/mol. The summed E-state index contributed by atoms with van der Waals surface area (Å²) in [4.78, 5) is 24.6. The molecule has 0 aliphatic heterocycles. The van der Waals surface area contributed by atoms with E-state index in [4.69, 9.17) is 9.84 Å². The molecule has 0 atom stereocenters. The molecule has 0 heterocycles. The number of carboxylic acid groups (broad SMARTS) is 1. The van der Waals surface area contributed by atoms with Gasteiger partial charge in [0, 0.05) is 20.0 Å². The van der Waals surface area contributed by atoms with Crippen LogP contribution in [-0.2, 0) is 15.0 Å². The van der Waals surface area contributed by atoms with Crippen LogP contribution in [0, 0.1) is 0 Å². The third-order valence-corrected chi connectivity index (χ3v) is 3.58. The summed E-state index contributed by atoms with van der Waals surface area (Å²) in [5.41, 5.74) is 0.239. The molecule has 0 spiro atoms. The summed E-state index contributed by atoms with van der Waals surface area (Å²) < 4.78 is 5.11. The molecule has 0 aliphatic rings. The predicted octanol–water partition coefficient (Wildman–Crippen LogP) is 2.30. The summed E-state index contributed by atoms with van der Waals surface area (Å²) in [6.07, 6.45) is 0.525. The molecule has 0 fully saturated rings. The number of carboxylic acids is 1. The second-order valence-electron chi connectivity index (χ2n) is 5.58. The van der Waals surface area contributed by atoms with Crippen LogP contribution in [0.5, 0.6) is 5.75 Å². The Balaban J connectivity index is 2.74. The van der Waals surface area contributed by atoms with Gasteiger partial charge in [0.05, 0.1) is 12.5 Å². The van der Waals surface area contributed by atoms with E-state index in [1.165, 1.54) is 0 Å². The van der Waals surface area contributed by atoms with Crippen molar-refractivity contribution in [1.29, 1.82) is 0 Å². The highest BCUT2D eigenvalue weighted by Gasteiger charge is 2.32. The first-order chi connectivity index (χ1) is 9.78. The Labute approximate surface area is 125 Å². The van der Waals surface area contributed by atoms with Gasteiger partial charge in [-0.1, -0.05) is 12.1 Å². The SMILES string of the molecule is COc1ccc(C(C)(C)C(=O)N(C)CCCC(=O)O)cc1. The van der Waals surface area contributed by atoms with Crippen LogP contribution < -0.4 is 4.74 Å². The number of aliphatic carboxylic acids is 1. The maximum Gasteiger partial charge on any atom is 0.303 e. The standard InChI is InChI=1S/C16H23NO4/c1-16(2,12-7-9-13(21-4)10-8-12)15(20)17(3)11-5-6-14(18)19/h7-10H,5-6,11H2,1-4H3,(H,18,19). The number of rotatable bonds is 7. The van der Waals surface area contributed by atoms with E-state index in [1.807, 2.05) is 38.1 Å². The maximum absolute atomic E-state index is 12.5. The van der Waals surface area contributed by atoms with Crippen molar-refractivity contribution in [3.63, 3.8) is 0 Å². The zero-order valence-electron chi connectivity index (χ0n) is 13.0. The summed E-state index contributed by atoms with van der Waals surface area (Å²) in [5, 5.41) is 8.64. The maximum atomic E-state index is 12.5. The lowest BCUT2D eigenvalue weighted by Gasteiger charge is -2.30. The molecule has 1 N–H and O–H groups in total. The van der Waals surface area contributed by atoms with Crippen molar-refractivity contribution >= 4 is 11.9 Å². The topological polar surface area (TPSA) is 66.8 Å². The van der Waals surface area contributed by atoms with E-state index < -0.39 is 11.4 Å². The fraction of sp³-hybridized carbons (Fsp3) is 0.500. The Kier molecular flexibility index (Phi) is 5.76. The Morgan fingerprint density at radius 2 is 1.81 bits per heavy atom. The summed E-state index contributed by atoms with van der Waals surface area (Å²) in [6, 6.07) is 7.41. The highest BCUT2D eigenvalue weighted by molar-refractivity contribution is 5.87. The third kappa shape index (κ3) is 4.48. The fourth-order valence-electron chi connectivity index (χ4n) is 2.18. The molecule has 5 nitrogen and oxygen atoms in total. The first-order valence-electron chi connectivity index (χ1n) is 6.91. The Hall–Kier alpha value is -2.04. The summed E-state index contributed by atoms with van der Waals surface area (Å²) in [6.45, 7) is 4.17. The second-order valence-corrected chi connectivity index (χ2v) is 5.58. The van der Waals surface area contributed by atoms with Crippen molar-refractivity contribution in [3.05, 3.63) is 29.8 Å². The number of hydrogen-bond acceptors (Lipinski definition) is 3. The number of carbonyl (C=O) groups is 2. The van der Waals surface area contributed by atoms with E-state index in [9.17, 15) is 9.59 Å². The molecule has 1 aromatic carbocycles. The van der Waals surface area contributed by atoms with Gasteiger partial charge in [-0.05, 0) is 38.0 Å². The van der Waals surface area contributed by atoms with Crippen LogP contribution in [0.3, 0.4) is 0 Å². The van der Waals surface area contributed by atoms with Crippen LogP contribution >= 0.6 is 0 Å². The van der Waals surface area contributed by atoms with Gasteiger partial charge in [-0.2, -0.15) is 0 Å². The Morgan fingerprint density at radius 1 is 1.24 bits per heavy atom. The quantitative estimate of drug-likeness (QED) is 0.837. The monoisotopic (exact) mass is 293 g/mol. The van der Waals surface area contributed by atoms with Crippen molar-refractivity contribution in [2.75, 3.05) is 20.7 Å². The van der Waals surface area contributed by atoms with Crippen LogP contribution in [-0.4, -0.2) is 42.6 Å². The molecule has 21 heavy (non-hydrogen) atoms. The zero-order chi connectivity index (χ0) is 16.0. The zero-order valence-corrected chi connectivity index (χ0v) is 13.0. The van der Waals surface area contributed by atoms with Crippen LogP contribution in [0.15, 0.2) is 24.3 Å². The fourth-order valence-corrected chi connectivity index (χ4v) is 2.18. The van der Waals surface area contributed by atoms with Gasteiger partial charge in [0.15, 0.2) is 0 Å². The van der Waals surface area contributed by atoms with Gasteiger partial charge in [0.25, 0.3) is 0 Å². The van der Waals surface area contributed by atoms with Gasteiger partial charge < -0.3 is 14.7 Å². The lowest BCUT2D eigenvalue weighted by Crippen LogP contribution is -2.41. The molecular formula is C16H23NO4. The van der Waals surface area contributed by atoms with Gasteiger partial charge in [-0.15, -0.1) is 0 Å². The number of ether oxygens (including phenoxy) is 1. The molecule has 0 unspecified atom stereocenters. The second kappa shape index (κ2) is 7.11. The first kappa shape index (κ1) is 17.0. The van der Waals surface area contributed by atoms with Crippen molar-refractivity contribution < 1.29 is 19.4 Å². The van der Waals surface area contributed by atoms with Gasteiger partial charge in [-0.3, -0.25) is 9.59 Å². The molecule has 1 amide bonds. The highest BCUT2D eigenvalue weighted by atomic mass is 16.5. The lowest BCUT2D eigenvalue weighted by molar-refractivity contribution is -0.139. The van der Waals surface area contributed by atoms with Crippen LogP contribution in [0.2, 0.25) is 0 Å². The van der Waals surface area contributed by atoms with Crippen molar-refractivity contribution in [3.8, 4) is 5.75 Å². The molecule has 5 heteroatoms. The highest BCUT2D eigenvalue weighted by Crippen LogP contribution is 2.27. The number of nitrogens with zero attached hydrogens (tertiary/aromatic N) is 1. The molecule has 0 saturated heterocycles. The summed E-state index contributed by atoms with van der Waals surface area (Å²) in [7, 11) is 3.30. The molecule has 0 radical (unpaired) electrons. The normalized spacial score (nSPS) is 11.0. The molecule has 0 bridgehead atoms. The van der Waals surface area contributed by atoms with Crippen molar-refractivity contribution in [1.82, 2.24) is 4.90 Å². The van der Waals surface area contributed by atoms with Crippen LogP contribution in [0.4, 0.5) is 0 Å². The van der Waals surface area contributed by atoms with E-state index in [0.29, 0.717) is 13.0 Å². The number of benzene rings is 1. The minimum absolute atomic E-state index is 0.0296. The molecule has 0 aromatic heterocycles. The molecule has 0 aliphatic carbocycles. The largest absolute Gasteiger partial charge is 0.497 e. The first-order valence-corrected chi connectivity index (χ1v) is 6.91. The minimum Gasteiger partial charge on any atom is -0.497 e. The van der Waals surface area contributed by atoms with Gasteiger partial charge >= 0.3 is 5.97 Å². The van der Waals surface area contributed by atoms with Crippen molar-refractivity contribution in [2.24, 2.45) is 0 Å².